The zero-order chi connectivity index (χ0) is 16.4. The summed E-state index contributed by atoms with van der Waals surface area (Å²) >= 11 is 0. The molecule has 0 aliphatic rings. The van der Waals surface area contributed by atoms with Gasteiger partial charge in [0.25, 0.3) is 20.6 Å². The lowest BCUT2D eigenvalue weighted by atomic mass is 10.1. The maximum absolute atomic E-state index is 12.0. The standard InChI is InChI=1S/C12H15ClN2O5S/c1-7(2)8(3)14-12(16)9-4-10(15(17)18)6-11(5-9)21(13,19)20/h4-8H,1-3H3,(H,14,16). The average Bonchev–Trinajstić information content (AvgIpc) is 2.36. The van der Waals surface area contributed by atoms with E-state index < -0.39 is 30.5 Å². The molecule has 0 bridgehead atoms. The first kappa shape index (κ1) is 17.4. The van der Waals surface area contributed by atoms with Crippen LogP contribution in [0.3, 0.4) is 0 Å². The van der Waals surface area contributed by atoms with Crippen LogP contribution < -0.4 is 5.32 Å². The Hall–Kier alpha value is -1.67. The first-order valence-electron chi connectivity index (χ1n) is 6.07. The molecule has 0 spiro atoms. The molecule has 1 aromatic rings. The normalized spacial score (nSPS) is 13.0. The van der Waals surface area contributed by atoms with Crippen LogP contribution in [-0.4, -0.2) is 25.3 Å². The molecule has 1 atom stereocenters. The highest BCUT2D eigenvalue weighted by Crippen LogP contribution is 2.23. The van der Waals surface area contributed by atoms with Gasteiger partial charge in [-0.1, -0.05) is 13.8 Å². The summed E-state index contributed by atoms with van der Waals surface area (Å²) in [4.78, 5) is 21.6. The van der Waals surface area contributed by atoms with Crippen LogP contribution in [0.1, 0.15) is 31.1 Å². The summed E-state index contributed by atoms with van der Waals surface area (Å²) in [6.07, 6.45) is 0. The quantitative estimate of drug-likeness (QED) is 0.505. The maximum Gasteiger partial charge on any atom is 0.271 e. The Morgan fingerprint density at radius 3 is 2.29 bits per heavy atom. The summed E-state index contributed by atoms with van der Waals surface area (Å²) in [5.41, 5.74) is -0.644. The van der Waals surface area contributed by atoms with E-state index in [-0.39, 0.29) is 17.5 Å². The molecule has 21 heavy (non-hydrogen) atoms. The molecular formula is C12H15ClN2O5S. The molecule has 116 valence electrons. The van der Waals surface area contributed by atoms with Crippen LogP contribution in [0.5, 0.6) is 0 Å². The third-order valence-electron chi connectivity index (χ3n) is 3.00. The predicted octanol–water partition coefficient (Wildman–Crippen LogP) is 2.30. The number of hydrogen-bond donors (Lipinski definition) is 1. The van der Waals surface area contributed by atoms with Crippen molar-refractivity contribution in [3.05, 3.63) is 33.9 Å². The average molecular weight is 335 g/mol. The molecule has 0 radical (unpaired) electrons. The Labute approximate surface area is 126 Å². The lowest BCUT2D eigenvalue weighted by Gasteiger charge is -2.17. The maximum atomic E-state index is 12.0. The van der Waals surface area contributed by atoms with Crippen molar-refractivity contribution in [1.29, 1.82) is 0 Å². The lowest BCUT2D eigenvalue weighted by molar-refractivity contribution is -0.385. The molecule has 0 saturated carbocycles. The number of hydrogen-bond acceptors (Lipinski definition) is 5. The Bertz CT molecular complexity index is 672. The van der Waals surface area contributed by atoms with E-state index >= 15 is 0 Å². The molecule has 0 aliphatic heterocycles. The second kappa shape index (κ2) is 6.40. The Morgan fingerprint density at radius 1 is 1.29 bits per heavy atom. The molecule has 0 aromatic heterocycles. The number of nitro groups is 1. The molecule has 0 heterocycles. The predicted molar refractivity (Wildman–Crippen MR) is 77.9 cm³/mol. The molecule has 0 saturated heterocycles. The first-order chi connectivity index (χ1) is 9.52. The van der Waals surface area contributed by atoms with E-state index in [0.29, 0.717) is 0 Å². The van der Waals surface area contributed by atoms with E-state index in [4.69, 9.17) is 10.7 Å². The highest BCUT2D eigenvalue weighted by Gasteiger charge is 2.21. The lowest BCUT2D eigenvalue weighted by Crippen LogP contribution is -2.36. The van der Waals surface area contributed by atoms with Crippen LogP contribution >= 0.6 is 10.7 Å². The number of rotatable bonds is 5. The van der Waals surface area contributed by atoms with Gasteiger partial charge in [0.15, 0.2) is 0 Å². The highest BCUT2D eigenvalue weighted by molar-refractivity contribution is 8.13. The minimum Gasteiger partial charge on any atom is -0.349 e. The summed E-state index contributed by atoms with van der Waals surface area (Å²) in [5, 5.41) is 13.5. The van der Waals surface area contributed by atoms with Gasteiger partial charge in [0, 0.05) is 34.4 Å². The Kier molecular flexibility index (Phi) is 5.30. The second-order valence-electron chi connectivity index (χ2n) is 4.92. The van der Waals surface area contributed by atoms with Gasteiger partial charge >= 0.3 is 0 Å². The van der Waals surface area contributed by atoms with Crippen molar-refractivity contribution in [2.45, 2.75) is 31.7 Å². The van der Waals surface area contributed by atoms with Gasteiger partial charge in [0.2, 0.25) is 0 Å². The van der Waals surface area contributed by atoms with Crippen LogP contribution in [0, 0.1) is 16.0 Å². The number of nitrogens with zero attached hydrogens (tertiary/aromatic N) is 1. The minimum absolute atomic E-state index is 0.129. The van der Waals surface area contributed by atoms with Gasteiger partial charge in [-0.3, -0.25) is 14.9 Å². The van der Waals surface area contributed by atoms with Gasteiger partial charge in [-0.05, 0) is 18.9 Å². The van der Waals surface area contributed by atoms with Gasteiger partial charge in [0.05, 0.1) is 9.82 Å². The summed E-state index contributed by atoms with van der Waals surface area (Å²) in [7, 11) is 1.01. The van der Waals surface area contributed by atoms with Crippen molar-refractivity contribution in [2.24, 2.45) is 5.92 Å². The number of nitro benzene ring substituents is 1. The third-order valence-corrected chi connectivity index (χ3v) is 4.34. The third kappa shape index (κ3) is 4.68. The fraction of sp³-hybridized carbons (Fsp3) is 0.417. The largest absolute Gasteiger partial charge is 0.349 e. The van der Waals surface area contributed by atoms with Crippen LogP contribution in [-0.2, 0) is 9.05 Å². The summed E-state index contributed by atoms with van der Waals surface area (Å²) in [6.45, 7) is 5.57. The van der Waals surface area contributed by atoms with Crippen molar-refractivity contribution in [3.8, 4) is 0 Å². The van der Waals surface area contributed by atoms with E-state index in [1.807, 2.05) is 13.8 Å². The zero-order valence-electron chi connectivity index (χ0n) is 11.7. The number of amides is 1. The Morgan fingerprint density at radius 2 is 1.86 bits per heavy atom. The van der Waals surface area contributed by atoms with Gasteiger partial charge in [-0.25, -0.2) is 8.42 Å². The first-order valence-corrected chi connectivity index (χ1v) is 8.38. The fourth-order valence-electron chi connectivity index (χ4n) is 1.42. The monoisotopic (exact) mass is 334 g/mol. The topological polar surface area (TPSA) is 106 Å². The molecule has 1 unspecified atom stereocenters. The van der Waals surface area contributed by atoms with Crippen LogP contribution in [0.4, 0.5) is 5.69 Å². The van der Waals surface area contributed by atoms with Gasteiger partial charge in [-0.2, -0.15) is 0 Å². The molecule has 1 aromatic carbocycles. The van der Waals surface area contributed by atoms with Gasteiger partial charge in [-0.15, -0.1) is 0 Å². The van der Waals surface area contributed by atoms with Gasteiger partial charge < -0.3 is 5.32 Å². The minimum atomic E-state index is -4.17. The number of non-ortho nitro benzene ring substituents is 1. The second-order valence-corrected chi connectivity index (χ2v) is 7.48. The van der Waals surface area contributed by atoms with Crippen molar-refractivity contribution in [3.63, 3.8) is 0 Å². The van der Waals surface area contributed by atoms with Crippen molar-refractivity contribution in [2.75, 3.05) is 0 Å². The van der Waals surface area contributed by atoms with E-state index in [2.05, 4.69) is 5.32 Å². The molecule has 0 fully saturated rings. The number of benzene rings is 1. The van der Waals surface area contributed by atoms with E-state index in [1.165, 1.54) is 0 Å². The van der Waals surface area contributed by atoms with Crippen molar-refractivity contribution in [1.82, 2.24) is 5.32 Å². The number of carbonyl (C=O) groups is 1. The Balaban J connectivity index is 3.26. The molecule has 1 N–H and O–H groups in total. The molecule has 0 aliphatic carbocycles. The molecule has 1 rings (SSSR count). The smallest absolute Gasteiger partial charge is 0.271 e. The zero-order valence-corrected chi connectivity index (χ0v) is 13.2. The van der Waals surface area contributed by atoms with Crippen LogP contribution in [0.15, 0.2) is 23.1 Å². The number of carbonyl (C=O) groups excluding carboxylic acids is 1. The van der Waals surface area contributed by atoms with E-state index in [0.717, 1.165) is 18.2 Å². The van der Waals surface area contributed by atoms with Crippen LogP contribution in [0.25, 0.3) is 0 Å². The highest BCUT2D eigenvalue weighted by atomic mass is 35.7. The van der Waals surface area contributed by atoms with Crippen molar-refractivity contribution < 1.29 is 18.1 Å². The van der Waals surface area contributed by atoms with E-state index in [9.17, 15) is 23.3 Å². The van der Waals surface area contributed by atoms with E-state index in [1.54, 1.807) is 6.92 Å². The molecule has 1 amide bonds. The number of halogens is 1. The summed E-state index contributed by atoms with van der Waals surface area (Å²) < 4.78 is 22.6. The number of nitrogens with one attached hydrogen (secondary N) is 1. The summed E-state index contributed by atoms with van der Waals surface area (Å²) in [5.74, 6) is -0.439. The van der Waals surface area contributed by atoms with Gasteiger partial charge in [0.1, 0.15) is 0 Å². The molecule has 7 nitrogen and oxygen atoms in total. The SMILES string of the molecule is CC(C)C(C)NC(=O)c1cc([N+](=O)[O-])cc(S(=O)(=O)Cl)c1. The fourth-order valence-corrected chi connectivity index (χ4v) is 2.21. The summed E-state index contributed by atoms with van der Waals surface area (Å²) in [6, 6.07) is 2.66. The van der Waals surface area contributed by atoms with Crippen LogP contribution in [0.2, 0.25) is 0 Å². The molecular weight excluding hydrogens is 320 g/mol. The molecule has 9 heteroatoms. The van der Waals surface area contributed by atoms with Crippen molar-refractivity contribution >= 4 is 31.3 Å².